The fraction of sp³-hybridized carbons (Fsp3) is 0.0714. The molecule has 4 nitrogen and oxygen atoms in total. The highest BCUT2D eigenvalue weighted by Gasteiger charge is 2.13. The van der Waals surface area contributed by atoms with Crippen LogP contribution in [0.4, 0.5) is 30.2 Å². The van der Waals surface area contributed by atoms with Crippen molar-refractivity contribution in [2.45, 2.75) is 6.61 Å². The standard InChI is InChI=1S/C14H10F3N3O/c15-10-5-11(19)12(6-13(10)21-14(16)17)20-9-3-1-8(7-18)2-4-9/h1-6,14,20H,19H2. The van der Waals surface area contributed by atoms with Crippen LogP contribution in [0.1, 0.15) is 5.56 Å². The predicted molar refractivity (Wildman–Crippen MR) is 71.9 cm³/mol. The molecule has 2 aromatic carbocycles. The molecule has 0 heterocycles. The van der Waals surface area contributed by atoms with Crippen molar-refractivity contribution < 1.29 is 17.9 Å². The number of hydrogen-bond acceptors (Lipinski definition) is 4. The highest BCUT2D eigenvalue weighted by molar-refractivity contribution is 5.74. The maximum absolute atomic E-state index is 13.4. The second kappa shape index (κ2) is 6.05. The van der Waals surface area contributed by atoms with Crippen LogP contribution in [0.15, 0.2) is 36.4 Å². The third kappa shape index (κ3) is 3.57. The minimum atomic E-state index is -3.13. The fourth-order valence-corrected chi connectivity index (χ4v) is 1.65. The van der Waals surface area contributed by atoms with E-state index in [9.17, 15) is 13.2 Å². The number of nitrogens with two attached hydrogens (primary N) is 1. The molecule has 0 aliphatic heterocycles. The summed E-state index contributed by atoms with van der Waals surface area (Å²) in [5.41, 5.74) is 6.92. The Hall–Kier alpha value is -2.88. The second-order valence-corrected chi connectivity index (χ2v) is 4.06. The zero-order valence-electron chi connectivity index (χ0n) is 10.6. The molecule has 7 heteroatoms. The van der Waals surface area contributed by atoms with Gasteiger partial charge in [0.25, 0.3) is 0 Å². The van der Waals surface area contributed by atoms with Crippen LogP contribution in [0, 0.1) is 17.1 Å². The molecule has 108 valence electrons. The molecule has 3 N–H and O–H groups in total. The monoisotopic (exact) mass is 293 g/mol. The molecule has 0 atom stereocenters. The Balaban J connectivity index is 2.28. The molecule has 0 spiro atoms. The lowest BCUT2D eigenvalue weighted by atomic mass is 10.2. The smallest absolute Gasteiger partial charge is 0.387 e. The van der Waals surface area contributed by atoms with Gasteiger partial charge in [-0.2, -0.15) is 14.0 Å². The summed E-state index contributed by atoms with van der Waals surface area (Å²) in [6, 6.07) is 10.3. The van der Waals surface area contributed by atoms with Crippen LogP contribution in [0.5, 0.6) is 5.75 Å². The normalized spacial score (nSPS) is 10.2. The Labute approximate surface area is 118 Å². The van der Waals surface area contributed by atoms with E-state index < -0.39 is 18.2 Å². The number of nitriles is 1. The lowest BCUT2D eigenvalue weighted by molar-refractivity contribution is -0.0521. The number of anilines is 3. The van der Waals surface area contributed by atoms with E-state index in [0.29, 0.717) is 11.3 Å². The first-order chi connectivity index (χ1) is 9.99. The van der Waals surface area contributed by atoms with Crippen LogP contribution in [0.2, 0.25) is 0 Å². The molecular formula is C14H10F3N3O. The van der Waals surface area contributed by atoms with Crippen LogP contribution in [-0.2, 0) is 0 Å². The number of nitrogens with zero attached hydrogens (tertiary/aromatic N) is 1. The van der Waals surface area contributed by atoms with Crippen LogP contribution < -0.4 is 15.8 Å². The summed E-state index contributed by atoms with van der Waals surface area (Å²) in [4.78, 5) is 0. The lowest BCUT2D eigenvalue weighted by Crippen LogP contribution is -2.05. The molecule has 0 unspecified atom stereocenters. The number of ether oxygens (including phenoxy) is 1. The van der Waals surface area contributed by atoms with Gasteiger partial charge in [-0.15, -0.1) is 0 Å². The van der Waals surface area contributed by atoms with Crippen molar-refractivity contribution in [1.82, 2.24) is 0 Å². The summed E-state index contributed by atoms with van der Waals surface area (Å²) in [5.74, 6) is -1.58. The van der Waals surface area contributed by atoms with Gasteiger partial charge in [0.2, 0.25) is 0 Å². The van der Waals surface area contributed by atoms with Crippen molar-refractivity contribution in [1.29, 1.82) is 5.26 Å². The Kier molecular flexibility index (Phi) is 4.18. The van der Waals surface area contributed by atoms with E-state index in [-0.39, 0.29) is 11.4 Å². The molecule has 2 aromatic rings. The minimum absolute atomic E-state index is 0.0403. The van der Waals surface area contributed by atoms with Crippen molar-refractivity contribution in [3.63, 3.8) is 0 Å². The van der Waals surface area contributed by atoms with E-state index in [0.717, 1.165) is 12.1 Å². The SMILES string of the molecule is N#Cc1ccc(Nc2cc(OC(F)F)c(F)cc2N)cc1. The van der Waals surface area contributed by atoms with Crippen LogP contribution in [0.3, 0.4) is 0 Å². The highest BCUT2D eigenvalue weighted by Crippen LogP contribution is 2.31. The first kappa shape index (κ1) is 14.5. The average molecular weight is 293 g/mol. The number of halogens is 3. The topological polar surface area (TPSA) is 71.1 Å². The molecular weight excluding hydrogens is 283 g/mol. The second-order valence-electron chi connectivity index (χ2n) is 4.06. The summed E-state index contributed by atoms with van der Waals surface area (Å²) < 4.78 is 41.8. The number of benzene rings is 2. The van der Waals surface area contributed by atoms with Gasteiger partial charge in [0.15, 0.2) is 11.6 Å². The van der Waals surface area contributed by atoms with Crippen LogP contribution >= 0.6 is 0 Å². The molecule has 2 rings (SSSR count). The van der Waals surface area contributed by atoms with Crippen molar-refractivity contribution in [3.05, 3.63) is 47.8 Å². The summed E-state index contributed by atoms with van der Waals surface area (Å²) in [6.45, 7) is -3.13. The third-order valence-corrected chi connectivity index (χ3v) is 2.61. The molecule has 0 aromatic heterocycles. The van der Waals surface area contributed by atoms with Crippen molar-refractivity contribution in [2.75, 3.05) is 11.1 Å². The molecule has 0 aliphatic carbocycles. The van der Waals surface area contributed by atoms with Gasteiger partial charge in [0.05, 0.1) is 23.0 Å². The quantitative estimate of drug-likeness (QED) is 0.844. The van der Waals surface area contributed by atoms with E-state index >= 15 is 0 Å². The Morgan fingerprint density at radius 3 is 2.43 bits per heavy atom. The van der Waals surface area contributed by atoms with E-state index in [1.54, 1.807) is 24.3 Å². The zero-order chi connectivity index (χ0) is 15.4. The average Bonchev–Trinajstić information content (AvgIpc) is 2.44. The van der Waals surface area contributed by atoms with Gasteiger partial charge in [0, 0.05) is 17.8 Å². The number of hydrogen-bond donors (Lipinski definition) is 2. The summed E-state index contributed by atoms with van der Waals surface area (Å²) in [7, 11) is 0. The van der Waals surface area contributed by atoms with Crippen molar-refractivity contribution in [2.24, 2.45) is 0 Å². The van der Waals surface area contributed by atoms with Gasteiger partial charge in [-0.05, 0) is 24.3 Å². The highest BCUT2D eigenvalue weighted by atomic mass is 19.3. The Morgan fingerprint density at radius 1 is 1.19 bits per heavy atom. The van der Waals surface area contributed by atoms with Gasteiger partial charge in [-0.1, -0.05) is 0 Å². The van der Waals surface area contributed by atoms with E-state index in [1.165, 1.54) is 0 Å². The number of nitrogens with one attached hydrogen (secondary N) is 1. The Bertz CT molecular complexity index is 681. The fourth-order valence-electron chi connectivity index (χ4n) is 1.65. The minimum Gasteiger partial charge on any atom is -0.432 e. The van der Waals surface area contributed by atoms with Gasteiger partial charge in [-0.25, -0.2) is 4.39 Å². The molecule has 0 bridgehead atoms. The molecule has 0 saturated carbocycles. The largest absolute Gasteiger partial charge is 0.432 e. The van der Waals surface area contributed by atoms with E-state index in [4.69, 9.17) is 11.0 Å². The summed E-state index contributed by atoms with van der Waals surface area (Å²) in [6.07, 6.45) is 0. The van der Waals surface area contributed by atoms with Gasteiger partial charge < -0.3 is 15.8 Å². The predicted octanol–water partition coefficient (Wildman–Crippen LogP) is 3.62. The Morgan fingerprint density at radius 2 is 1.86 bits per heavy atom. The van der Waals surface area contributed by atoms with Crippen molar-refractivity contribution >= 4 is 17.1 Å². The van der Waals surface area contributed by atoms with Crippen LogP contribution in [-0.4, -0.2) is 6.61 Å². The maximum atomic E-state index is 13.4. The zero-order valence-corrected chi connectivity index (χ0v) is 10.6. The van der Waals surface area contributed by atoms with E-state index in [2.05, 4.69) is 10.1 Å². The number of alkyl halides is 2. The molecule has 0 fully saturated rings. The first-order valence-electron chi connectivity index (χ1n) is 5.80. The van der Waals surface area contributed by atoms with E-state index in [1.807, 2.05) is 6.07 Å². The molecule has 0 radical (unpaired) electrons. The first-order valence-corrected chi connectivity index (χ1v) is 5.80. The maximum Gasteiger partial charge on any atom is 0.387 e. The number of nitrogen functional groups attached to an aromatic ring is 1. The molecule has 0 amide bonds. The van der Waals surface area contributed by atoms with Crippen LogP contribution in [0.25, 0.3) is 0 Å². The lowest BCUT2D eigenvalue weighted by Gasteiger charge is -2.13. The van der Waals surface area contributed by atoms with Crippen molar-refractivity contribution in [3.8, 4) is 11.8 Å². The number of rotatable bonds is 4. The van der Waals surface area contributed by atoms with Gasteiger partial charge in [0.1, 0.15) is 0 Å². The third-order valence-electron chi connectivity index (χ3n) is 2.61. The molecule has 0 aliphatic rings. The molecule has 21 heavy (non-hydrogen) atoms. The van der Waals surface area contributed by atoms with Gasteiger partial charge in [-0.3, -0.25) is 0 Å². The summed E-state index contributed by atoms with van der Waals surface area (Å²) in [5, 5.41) is 11.5. The molecule has 0 saturated heterocycles. The summed E-state index contributed by atoms with van der Waals surface area (Å²) >= 11 is 0. The van der Waals surface area contributed by atoms with Gasteiger partial charge >= 0.3 is 6.61 Å².